The molecule has 0 fully saturated rings. The van der Waals surface area contributed by atoms with Gasteiger partial charge in [-0.1, -0.05) is 36.4 Å². The minimum absolute atomic E-state index is 0.0967. The maximum Gasteiger partial charge on any atom is 0.186 e. The fraction of sp³-hybridized carbons (Fsp3) is 0. The van der Waals surface area contributed by atoms with E-state index in [0.717, 1.165) is 22.3 Å². The van der Waals surface area contributed by atoms with Crippen LogP contribution in [0.2, 0.25) is 0 Å². The summed E-state index contributed by atoms with van der Waals surface area (Å²) in [5, 5.41) is 2.38. The first-order chi connectivity index (χ1) is 10.7. The van der Waals surface area contributed by atoms with E-state index >= 15 is 0 Å². The van der Waals surface area contributed by atoms with E-state index in [4.69, 9.17) is 0 Å². The van der Waals surface area contributed by atoms with Crippen molar-refractivity contribution in [2.24, 2.45) is 0 Å². The molecule has 0 saturated heterocycles. The van der Waals surface area contributed by atoms with Gasteiger partial charge in [-0.05, 0) is 57.3 Å². The molecule has 0 radical (unpaired) electrons. The number of benzene rings is 3. The second-order valence-electron chi connectivity index (χ2n) is 5.71. The number of carbonyl (C=O) groups excluding carboxylic acids is 2. The maximum absolute atomic E-state index is 12.1. The van der Waals surface area contributed by atoms with Gasteiger partial charge >= 0.3 is 0 Å². The highest BCUT2D eigenvalue weighted by Crippen LogP contribution is 2.48. The first kappa shape index (κ1) is 11.6. The maximum atomic E-state index is 12.1. The van der Waals surface area contributed by atoms with Crippen LogP contribution < -0.4 is 0 Å². The molecule has 0 amide bonds. The lowest BCUT2D eigenvalue weighted by molar-refractivity contribution is 0.0994. The number of hydrogen-bond donors (Lipinski definition) is 0. The molecule has 22 heavy (non-hydrogen) atoms. The van der Waals surface area contributed by atoms with E-state index in [2.05, 4.69) is 24.3 Å². The summed E-state index contributed by atoms with van der Waals surface area (Å²) in [5.74, 6) is -0.193. The number of ketones is 2. The van der Waals surface area contributed by atoms with Crippen LogP contribution in [0, 0.1) is 0 Å². The fourth-order valence-corrected chi connectivity index (χ4v) is 3.57. The Morgan fingerprint density at radius 2 is 1.05 bits per heavy atom. The summed E-state index contributed by atoms with van der Waals surface area (Å²) in [4.78, 5) is 24.2. The molecule has 0 heterocycles. The van der Waals surface area contributed by atoms with Gasteiger partial charge in [-0.3, -0.25) is 9.59 Å². The van der Waals surface area contributed by atoms with Crippen molar-refractivity contribution in [2.45, 2.75) is 0 Å². The van der Waals surface area contributed by atoms with Crippen molar-refractivity contribution in [1.29, 1.82) is 0 Å². The van der Waals surface area contributed by atoms with Crippen LogP contribution in [-0.4, -0.2) is 11.6 Å². The smallest absolute Gasteiger partial charge is 0.186 e. The Hall–Kier alpha value is -3.00. The summed E-state index contributed by atoms with van der Waals surface area (Å²) in [5.41, 5.74) is 5.39. The van der Waals surface area contributed by atoms with Gasteiger partial charge in [-0.2, -0.15) is 0 Å². The average Bonchev–Trinajstić information content (AvgIpc) is 2.86. The van der Waals surface area contributed by atoms with Crippen molar-refractivity contribution >= 4 is 22.3 Å². The molecule has 0 spiro atoms. The third kappa shape index (κ3) is 1.29. The molecular formula is C20H10O2. The monoisotopic (exact) mass is 282 g/mol. The van der Waals surface area contributed by atoms with Crippen LogP contribution in [-0.2, 0) is 0 Å². The summed E-state index contributed by atoms with van der Waals surface area (Å²) in [6.45, 7) is 0. The zero-order chi connectivity index (χ0) is 14.8. The molecule has 2 heteroatoms. The first-order valence-corrected chi connectivity index (χ1v) is 7.21. The molecule has 0 saturated carbocycles. The van der Waals surface area contributed by atoms with Crippen LogP contribution in [0.5, 0.6) is 0 Å². The van der Waals surface area contributed by atoms with E-state index < -0.39 is 0 Å². The van der Waals surface area contributed by atoms with E-state index in [-0.39, 0.29) is 11.6 Å². The minimum Gasteiger partial charge on any atom is -0.289 e. The van der Waals surface area contributed by atoms with Gasteiger partial charge in [0.05, 0.1) is 0 Å². The van der Waals surface area contributed by atoms with E-state index in [1.807, 2.05) is 24.3 Å². The van der Waals surface area contributed by atoms with Gasteiger partial charge in [0.25, 0.3) is 0 Å². The third-order valence-corrected chi connectivity index (χ3v) is 4.56. The SMILES string of the molecule is O=C1C=CC(=O)c2cc3c(cc21)-c1cccc2cccc-3c12. The van der Waals surface area contributed by atoms with Gasteiger partial charge < -0.3 is 0 Å². The van der Waals surface area contributed by atoms with Crippen LogP contribution in [0.25, 0.3) is 33.0 Å². The normalized spacial score (nSPS) is 14.4. The van der Waals surface area contributed by atoms with Gasteiger partial charge in [0.15, 0.2) is 11.6 Å². The molecule has 2 nitrogen and oxygen atoms in total. The lowest BCUT2D eigenvalue weighted by atomic mass is 9.89. The third-order valence-electron chi connectivity index (χ3n) is 4.56. The molecule has 3 aromatic rings. The molecule has 0 atom stereocenters. The highest BCUT2D eigenvalue weighted by molar-refractivity contribution is 6.25. The fourth-order valence-electron chi connectivity index (χ4n) is 3.57. The molecule has 0 aliphatic heterocycles. The number of carbonyl (C=O) groups is 2. The number of fused-ring (bicyclic) bond motifs is 4. The van der Waals surface area contributed by atoms with Gasteiger partial charge in [-0.15, -0.1) is 0 Å². The molecule has 0 bridgehead atoms. The van der Waals surface area contributed by atoms with Crippen molar-refractivity contribution < 1.29 is 9.59 Å². The van der Waals surface area contributed by atoms with Gasteiger partial charge in [-0.25, -0.2) is 0 Å². The summed E-state index contributed by atoms with van der Waals surface area (Å²) in [7, 11) is 0. The van der Waals surface area contributed by atoms with Crippen LogP contribution in [0.3, 0.4) is 0 Å². The Bertz CT molecular complexity index is 975. The van der Waals surface area contributed by atoms with Crippen molar-refractivity contribution in [3.05, 3.63) is 71.8 Å². The molecule has 3 aromatic carbocycles. The van der Waals surface area contributed by atoms with Crippen molar-refractivity contribution in [3.63, 3.8) is 0 Å². The molecule has 0 aromatic heterocycles. The van der Waals surface area contributed by atoms with Gasteiger partial charge in [0, 0.05) is 11.1 Å². The molecule has 2 aliphatic rings. The Morgan fingerprint density at radius 3 is 1.55 bits per heavy atom. The summed E-state index contributed by atoms with van der Waals surface area (Å²) >= 11 is 0. The second-order valence-corrected chi connectivity index (χ2v) is 5.71. The summed E-state index contributed by atoms with van der Waals surface area (Å²) in [6, 6.07) is 16.2. The Kier molecular flexibility index (Phi) is 2.01. The number of rotatable bonds is 0. The molecule has 2 aliphatic carbocycles. The van der Waals surface area contributed by atoms with Gasteiger partial charge in [0.2, 0.25) is 0 Å². The van der Waals surface area contributed by atoms with Crippen molar-refractivity contribution in [2.75, 3.05) is 0 Å². The largest absolute Gasteiger partial charge is 0.289 e. The van der Waals surface area contributed by atoms with E-state index in [0.29, 0.717) is 11.1 Å². The molecule has 0 unspecified atom stereocenters. The Labute approximate surface area is 126 Å². The highest BCUT2D eigenvalue weighted by atomic mass is 16.1. The summed E-state index contributed by atoms with van der Waals surface area (Å²) < 4.78 is 0. The zero-order valence-electron chi connectivity index (χ0n) is 11.6. The highest BCUT2D eigenvalue weighted by Gasteiger charge is 2.27. The minimum atomic E-state index is -0.0967. The Balaban J connectivity index is 1.94. The average molecular weight is 282 g/mol. The topological polar surface area (TPSA) is 34.1 Å². The standard InChI is InChI=1S/C20H10O2/c21-18-7-8-19(22)17-10-15-13-6-2-4-11-3-1-5-12(20(11)13)14(15)9-16(17)18/h1-10H. The summed E-state index contributed by atoms with van der Waals surface area (Å²) in [6.07, 6.45) is 2.72. The van der Waals surface area contributed by atoms with Crippen LogP contribution in [0.15, 0.2) is 60.7 Å². The van der Waals surface area contributed by atoms with Crippen LogP contribution in [0.4, 0.5) is 0 Å². The number of allylic oxidation sites excluding steroid dienone is 2. The first-order valence-electron chi connectivity index (χ1n) is 7.21. The number of hydrogen-bond acceptors (Lipinski definition) is 2. The predicted octanol–water partition coefficient (Wildman–Crippen LogP) is 4.42. The molecule has 0 N–H and O–H groups in total. The molecule has 102 valence electrons. The van der Waals surface area contributed by atoms with Crippen molar-refractivity contribution in [3.8, 4) is 22.3 Å². The van der Waals surface area contributed by atoms with Gasteiger partial charge in [0.1, 0.15) is 0 Å². The van der Waals surface area contributed by atoms with Crippen LogP contribution in [0.1, 0.15) is 20.7 Å². The quantitative estimate of drug-likeness (QED) is 0.478. The lowest BCUT2D eigenvalue weighted by Gasteiger charge is -2.12. The van der Waals surface area contributed by atoms with Crippen molar-refractivity contribution in [1.82, 2.24) is 0 Å². The van der Waals surface area contributed by atoms with Crippen LogP contribution >= 0.6 is 0 Å². The molecule has 5 rings (SSSR count). The predicted molar refractivity (Wildman–Crippen MR) is 86.2 cm³/mol. The second kappa shape index (κ2) is 3.80. The zero-order valence-corrected chi connectivity index (χ0v) is 11.6. The van der Waals surface area contributed by atoms with E-state index in [9.17, 15) is 9.59 Å². The lowest BCUT2D eigenvalue weighted by Crippen LogP contribution is -2.11. The molecular weight excluding hydrogens is 272 g/mol. The van der Waals surface area contributed by atoms with E-state index in [1.54, 1.807) is 0 Å². The van der Waals surface area contributed by atoms with E-state index in [1.165, 1.54) is 22.9 Å². The Morgan fingerprint density at radius 1 is 0.545 bits per heavy atom.